The molecule has 5 rings (SSSR count). The van der Waals surface area contributed by atoms with Crippen LogP contribution in [0.4, 0.5) is 4.39 Å². The standard InChI is InChI=1S/C20H22BrFN2O2/c21-16-2-3-17(22)15(8-16)1-4-18(25)23-24-19(26)20-9-12-5-13(10-20)7-14(6-12)11-20/h1-4,8,12-14H,5-7,9-11H2,(H,23,25)(H,24,26)/b4-1+. The fourth-order valence-corrected chi connectivity index (χ4v) is 5.87. The van der Waals surface area contributed by atoms with Crippen LogP contribution in [-0.2, 0) is 9.59 Å². The molecule has 4 fully saturated rings. The van der Waals surface area contributed by atoms with E-state index in [1.54, 1.807) is 12.1 Å². The van der Waals surface area contributed by atoms with E-state index in [2.05, 4.69) is 26.8 Å². The molecule has 4 nitrogen and oxygen atoms in total. The van der Waals surface area contributed by atoms with Crippen LogP contribution in [-0.4, -0.2) is 11.8 Å². The van der Waals surface area contributed by atoms with E-state index in [4.69, 9.17) is 0 Å². The van der Waals surface area contributed by atoms with Crippen molar-refractivity contribution in [2.45, 2.75) is 38.5 Å². The number of rotatable bonds is 3. The van der Waals surface area contributed by atoms with Crippen LogP contribution in [0.5, 0.6) is 0 Å². The van der Waals surface area contributed by atoms with Gasteiger partial charge in [0.05, 0.1) is 5.41 Å². The van der Waals surface area contributed by atoms with Gasteiger partial charge in [0, 0.05) is 16.1 Å². The summed E-state index contributed by atoms with van der Waals surface area (Å²) in [5.74, 6) is 1.07. The van der Waals surface area contributed by atoms with Crippen LogP contribution < -0.4 is 10.9 Å². The molecule has 26 heavy (non-hydrogen) atoms. The van der Waals surface area contributed by atoms with E-state index in [9.17, 15) is 14.0 Å². The van der Waals surface area contributed by atoms with Crippen molar-refractivity contribution in [2.75, 3.05) is 0 Å². The molecular formula is C20H22BrFN2O2. The molecule has 0 heterocycles. The van der Waals surface area contributed by atoms with Crippen molar-refractivity contribution in [3.05, 3.63) is 40.1 Å². The van der Waals surface area contributed by atoms with Gasteiger partial charge in [-0.2, -0.15) is 0 Å². The van der Waals surface area contributed by atoms with Crippen molar-refractivity contribution in [2.24, 2.45) is 23.2 Å². The van der Waals surface area contributed by atoms with E-state index >= 15 is 0 Å². The van der Waals surface area contributed by atoms with Gasteiger partial charge in [-0.1, -0.05) is 15.9 Å². The largest absolute Gasteiger partial charge is 0.273 e. The highest BCUT2D eigenvalue weighted by molar-refractivity contribution is 9.10. The molecule has 0 aromatic heterocycles. The Kier molecular flexibility index (Phi) is 4.63. The van der Waals surface area contributed by atoms with Crippen LogP contribution in [0.25, 0.3) is 6.08 Å². The highest BCUT2D eigenvalue weighted by atomic mass is 79.9. The van der Waals surface area contributed by atoms with Crippen molar-refractivity contribution in [1.82, 2.24) is 10.9 Å². The number of amides is 2. The summed E-state index contributed by atoms with van der Waals surface area (Å²) in [7, 11) is 0. The zero-order chi connectivity index (χ0) is 18.3. The third-order valence-electron chi connectivity index (χ3n) is 6.19. The van der Waals surface area contributed by atoms with Gasteiger partial charge in [0.25, 0.3) is 5.91 Å². The zero-order valence-corrected chi connectivity index (χ0v) is 16.0. The number of carbonyl (C=O) groups excluding carboxylic acids is 2. The summed E-state index contributed by atoms with van der Waals surface area (Å²) >= 11 is 3.27. The van der Waals surface area contributed by atoms with Crippen molar-refractivity contribution < 1.29 is 14.0 Å². The number of hydrogen-bond donors (Lipinski definition) is 2. The van der Waals surface area contributed by atoms with Crippen molar-refractivity contribution in [1.29, 1.82) is 0 Å². The Morgan fingerprint density at radius 3 is 2.31 bits per heavy atom. The van der Waals surface area contributed by atoms with Gasteiger partial charge in [-0.3, -0.25) is 20.4 Å². The van der Waals surface area contributed by atoms with E-state index in [0.717, 1.165) is 23.7 Å². The molecule has 4 aliphatic carbocycles. The molecule has 2 amide bonds. The minimum absolute atomic E-state index is 0.0630. The maximum absolute atomic E-state index is 13.7. The van der Waals surface area contributed by atoms with Crippen molar-refractivity contribution in [3.63, 3.8) is 0 Å². The van der Waals surface area contributed by atoms with Crippen LogP contribution in [0.1, 0.15) is 44.1 Å². The van der Waals surface area contributed by atoms with Gasteiger partial charge in [0.15, 0.2) is 0 Å². The normalized spacial score (nSPS) is 32.0. The van der Waals surface area contributed by atoms with Crippen LogP contribution in [0.15, 0.2) is 28.7 Å². The topological polar surface area (TPSA) is 58.2 Å². The van der Waals surface area contributed by atoms with E-state index in [0.29, 0.717) is 23.3 Å². The molecule has 6 heteroatoms. The van der Waals surface area contributed by atoms with E-state index in [-0.39, 0.29) is 11.3 Å². The Bertz CT molecular complexity index is 742. The maximum atomic E-state index is 13.7. The third-order valence-corrected chi connectivity index (χ3v) is 6.68. The molecule has 0 saturated heterocycles. The molecule has 0 radical (unpaired) electrons. The quantitative estimate of drug-likeness (QED) is 0.574. The smallest absolute Gasteiger partial charge is 0.262 e. The first-order valence-corrected chi connectivity index (χ1v) is 9.96. The lowest BCUT2D eigenvalue weighted by atomic mass is 9.49. The van der Waals surface area contributed by atoms with E-state index < -0.39 is 11.7 Å². The van der Waals surface area contributed by atoms with Crippen LogP contribution >= 0.6 is 15.9 Å². The first kappa shape index (κ1) is 17.7. The van der Waals surface area contributed by atoms with Crippen LogP contribution in [0.3, 0.4) is 0 Å². The highest BCUT2D eigenvalue weighted by Crippen LogP contribution is 2.60. The Morgan fingerprint density at radius 2 is 1.69 bits per heavy atom. The molecule has 4 aliphatic rings. The summed E-state index contributed by atoms with van der Waals surface area (Å²) in [6.45, 7) is 0. The molecule has 0 atom stereocenters. The summed E-state index contributed by atoms with van der Waals surface area (Å²) in [5.41, 5.74) is 5.07. The first-order chi connectivity index (χ1) is 12.4. The summed E-state index contributed by atoms with van der Waals surface area (Å²) in [5, 5.41) is 0. The summed E-state index contributed by atoms with van der Waals surface area (Å²) in [4.78, 5) is 24.8. The number of hydrazine groups is 1. The van der Waals surface area contributed by atoms with E-state index in [1.165, 1.54) is 37.5 Å². The predicted molar refractivity (Wildman–Crippen MR) is 100 cm³/mol. The van der Waals surface area contributed by atoms with Gasteiger partial charge in [-0.15, -0.1) is 0 Å². The second-order valence-electron chi connectivity index (χ2n) is 8.14. The van der Waals surface area contributed by atoms with Gasteiger partial charge in [0.1, 0.15) is 5.82 Å². The van der Waals surface area contributed by atoms with Gasteiger partial charge in [0.2, 0.25) is 5.91 Å². The summed E-state index contributed by atoms with van der Waals surface area (Å²) < 4.78 is 14.4. The molecular weight excluding hydrogens is 399 g/mol. The molecule has 4 bridgehead atoms. The lowest BCUT2D eigenvalue weighted by Crippen LogP contribution is -2.56. The fourth-order valence-electron chi connectivity index (χ4n) is 5.49. The lowest BCUT2D eigenvalue weighted by Gasteiger charge is -2.55. The lowest BCUT2D eigenvalue weighted by molar-refractivity contribution is -0.148. The average molecular weight is 421 g/mol. The zero-order valence-electron chi connectivity index (χ0n) is 14.4. The molecule has 0 aliphatic heterocycles. The molecule has 138 valence electrons. The second-order valence-corrected chi connectivity index (χ2v) is 9.06. The molecule has 0 spiro atoms. The third kappa shape index (κ3) is 3.43. The van der Waals surface area contributed by atoms with Gasteiger partial charge < -0.3 is 0 Å². The minimum atomic E-state index is -0.470. The molecule has 4 saturated carbocycles. The number of benzene rings is 1. The SMILES string of the molecule is O=C(/C=C/c1cc(Br)ccc1F)NNC(=O)C12CC3CC(CC(C3)C1)C2. The highest BCUT2D eigenvalue weighted by Gasteiger charge is 2.54. The molecule has 1 aromatic rings. The number of hydrogen-bond acceptors (Lipinski definition) is 2. The Morgan fingerprint density at radius 1 is 1.08 bits per heavy atom. The minimum Gasteiger partial charge on any atom is -0.273 e. The Balaban J connectivity index is 1.35. The van der Waals surface area contributed by atoms with Crippen molar-refractivity contribution in [3.8, 4) is 0 Å². The summed E-state index contributed by atoms with van der Waals surface area (Å²) in [6.07, 6.45) is 9.25. The van der Waals surface area contributed by atoms with Gasteiger partial charge in [-0.05, 0) is 80.6 Å². The van der Waals surface area contributed by atoms with Gasteiger partial charge in [-0.25, -0.2) is 4.39 Å². The van der Waals surface area contributed by atoms with Crippen LogP contribution in [0.2, 0.25) is 0 Å². The van der Waals surface area contributed by atoms with Gasteiger partial charge >= 0.3 is 0 Å². The second kappa shape index (κ2) is 6.80. The number of carbonyl (C=O) groups is 2. The molecule has 0 unspecified atom stereocenters. The number of nitrogens with one attached hydrogen (secondary N) is 2. The monoisotopic (exact) mass is 420 g/mol. The predicted octanol–water partition coefficient (Wildman–Crippen LogP) is 3.97. The number of halogens is 2. The summed E-state index contributed by atoms with van der Waals surface area (Å²) in [6, 6.07) is 4.52. The molecule has 2 N–H and O–H groups in total. The van der Waals surface area contributed by atoms with Crippen LogP contribution in [0, 0.1) is 29.0 Å². The Labute approximate surface area is 160 Å². The average Bonchev–Trinajstić information content (AvgIpc) is 2.59. The first-order valence-electron chi connectivity index (χ1n) is 9.17. The maximum Gasteiger partial charge on any atom is 0.262 e. The van der Waals surface area contributed by atoms with E-state index in [1.807, 2.05) is 0 Å². The molecule has 1 aromatic carbocycles. The van der Waals surface area contributed by atoms with Crippen molar-refractivity contribution >= 4 is 33.8 Å². The Hall–Kier alpha value is -1.69. The fraction of sp³-hybridized carbons (Fsp3) is 0.500.